The molecule has 0 aromatic heterocycles. The Balaban J connectivity index is 0.000000216. The van der Waals surface area contributed by atoms with Gasteiger partial charge in [-0.3, -0.25) is 38.7 Å². The number of carbonyl (C=O) groups is 12. The van der Waals surface area contributed by atoms with E-state index in [4.69, 9.17) is 54.0 Å². The Hall–Kier alpha value is -12.6. The van der Waals surface area contributed by atoms with Gasteiger partial charge in [0.25, 0.3) is 0 Å². The zero-order valence-corrected chi connectivity index (χ0v) is 76.1. The van der Waals surface area contributed by atoms with E-state index in [2.05, 4.69) is 38.0 Å². The largest absolute Gasteiger partial charge is 1.00 e. The van der Waals surface area contributed by atoms with Crippen molar-refractivity contribution < 1.29 is 140 Å². The number of nitrogens with one attached hydrogen (secondary N) is 6. The van der Waals surface area contributed by atoms with Crippen LogP contribution in [0.1, 0.15) is 161 Å². The Bertz CT molecular complexity index is 5010. The monoisotopic (exact) mass is 1800 g/mol. The predicted molar refractivity (Wildman–Crippen MR) is 470 cm³/mol. The minimum Gasteiger partial charge on any atom is -0.870 e. The molecule has 38 heteroatoms. The molecule has 13 N–H and O–H groups in total. The smallest absolute Gasteiger partial charge is 0.870 e. The third-order valence-electron chi connectivity index (χ3n) is 22.4. The quantitative estimate of drug-likeness (QED) is 0.0185. The molecule has 2 saturated heterocycles. The number of phenols is 1. The third kappa shape index (κ3) is 28.0. The number of phenolic OH excluding ortho intramolecular Hbond substituents is 1. The number of rotatable bonds is 23. The Morgan fingerprint density at radius 2 is 0.838 bits per heavy atom. The number of nitrogens with two attached hydrogens (primary N) is 1. The van der Waals surface area contributed by atoms with Crippen LogP contribution in [-0.2, 0) is 94.2 Å². The van der Waals surface area contributed by atoms with E-state index in [1.807, 2.05) is 42.5 Å². The molecule has 0 radical (unpaired) electrons. The number of anilines is 5. The van der Waals surface area contributed by atoms with Crippen LogP contribution >= 0.6 is 0 Å². The second kappa shape index (κ2) is 46.1. The van der Waals surface area contributed by atoms with Gasteiger partial charge in [0.2, 0.25) is 23.6 Å². The second-order valence-electron chi connectivity index (χ2n) is 35.5. The number of hydrogen-bond acceptors (Lipinski definition) is 27. The van der Waals surface area contributed by atoms with Crippen LogP contribution in [0, 0.1) is 52.3 Å². The number of aromatic hydroxyl groups is 1. The number of carboxylic acids is 3. The average molecular weight is 1800 g/mol. The molecule has 5 aromatic carbocycles. The first-order valence-electron chi connectivity index (χ1n) is 42.6. The van der Waals surface area contributed by atoms with Crippen LogP contribution in [0.15, 0.2) is 91.0 Å². The number of ether oxygens (including phenoxy) is 8. The zero-order valence-electron chi connectivity index (χ0n) is 76.1. The van der Waals surface area contributed by atoms with Gasteiger partial charge >= 0.3 is 61.0 Å². The molecular formula is C92H119LiN12O25. The third-order valence-corrected chi connectivity index (χ3v) is 22.4. The number of esters is 1. The van der Waals surface area contributed by atoms with E-state index in [0.717, 1.165) is 76.6 Å². The van der Waals surface area contributed by atoms with Crippen LogP contribution in [0.25, 0.3) is 0 Å². The summed E-state index contributed by atoms with van der Waals surface area (Å²) in [6.07, 6.45) is 7.64. The molecule has 2 aliphatic carbocycles. The van der Waals surface area contributed by atoms with Crippen LogP contribution in [0.5, 0.6) is 28.7 Å². The van der Waals surface area contributed by atoms with Crippen molar-refractivity contribution in [3.63, 3.8) is 0 Å². The number of methoxy groups -OCH3 is 5. The molecule has 37 nitrogen and oxygen atoms in total. The van der Waals surface area contributed by atoms with Crippen molar-refractivity contribution in [1.29, 1.82) is 10.5 Å². The minimum atomic E-state index is -1.13. The number of benzene rings is 5. The topological polar surface area (TPSA) is 545 Å². The van der Waals surface area contributed by atoms with E-state index in [1.54, 1.807) is 132 Å². The van der Waals surface area contributed by atoms with E-state index in [0.29, 0.717) is 116 Å². The van der Waals surface area contributed by atoms with E-state index in [9.17, 15) is 78.1 Å². The predicted octanol–water partition coefficient (Wildman–Crippen LogP) is 6.66. The SMILES string of the molecule is CC(C)(C)OC(=O)N1c2cccc(O)c2CC1C(=O)O.COC(=O)C1Cc2c(OC)cccc2N1C(=O)OC(C)(C)C.COc1cccc2c1CC(C(=O)C[C@@H](CC1CC1)C(=O)N[C@H](C#N)C[C@@H]1CCNC1=O)N2.COc1cccc2c1CC(C(=O)O)N2.COc1cccc2c1CC(C(=O)O)N2C(=O)OC(C)(C)C.N#C[C@H](C[C@@H]1CCNC1=O)NC(=O)[C@@H](N)CC1CC1.[Li+].[OH-]. The van der Waals surface area contributed by atoms with Gasteiger partial charge in [-0.1, -0.05) is 56.0 Å². The average Bonchev–Trinajstić information content (AvgIpc) is 1.63. The maximum atomic E-state index is 13.1. The number of fused-ring (bicyclic) bond motifs is 5. The summed E-state index contributed by atoms with van der Waals surface area (Å²) in [5, 5.41) is 73.0. The fourth-order valence-corrected chi connectivity index (χ4v) is 15.9. The van der Waals surface area contributed by atoms with Crippen molar-refractivity contribution in [3.8, 4) is 40.9 Å². The number of amides is 7. The van der Waals surface area contributed by atoms with Crippen molar-refractivity contribution >= 4 is 100 Å². The molecule has 2 saturated carbocycles. The van der Waals surface area contributed by atoms with Gasteiger partial charge in [-0.2, -0.15) is 10.5 Å². The number of carbonyl (C=O) groups excluding carboxylic acids is 9. The van der Waals surface area contributed by atoms with Crippen LogP contribution < -0.4 is 90.1 Å². The molecule has 5 unspecified atom stereocenters. The van der Waals surface area contributed by atoms with Gasteiger partial charge in [-0.25, -0.2) is 33.6 Å². The molecule has 5 aromatic rings. The van der Waals surface area contributed by atoms with E-state index < -0.39 is 107 Å². The van der Waals surface area contributed by atoms with Crippen molar-refractivity contribution in [2.24, 2.45) is 35.3 Å². The summed E-state index contributed by atoms with van der Waals surface area (Å²) in [6.45, 7) is 16.9. The maximum Gasteiger partial charge on any atom is 1.00 e. The standard InChI is InChI=1S/C24H30N4O4.C16H21NO5.C15H19NO5.C14H17NO5.C13H20N4O2.C10H11NO3.Li.H2O/c1-32-22-4-2-3-19-18(22)12-20(28-19)21(29)11-16(9-14-5-6-14)24(31)27-17(13-25)10-15-7-8-26-23(15)30;1-16(2,3)22-15(19)17-11-7-6-8-13(20-4)10(11)9-12(17)14(18)21-5;1-15(2,3)21-14(19)16-10-6-5-7-12(20-4)9(10)8-11(16)13(17)18;1-14(2,3)20-13(19)15-9-5-4-6-11(16)8(9)7-10(15)12(17)18;14-7-10(6-9-3-4-16-12(9)18)17-13(19)11(15)5-8-1-2-8;1-14-9-4-2-3-7-6(9)5-8(11-7)10(12)13;;/h2-4,14-17,20,28H,5-12H2,1H3,(H,26,30)(H,27,31);6-8,12H,9H2,1-5H3;5-7,11H,8H2,1-4H3,(H,17,18);4-6,10,16H,7H2,1-3H3,(H,17,18);8-11H,1-6,15H2,(H,16,18)(H,17,19);2-4,8,11H,5H2,1H3,(H,12,13);;1H2/q;;;;;;+1;/p-1/t15-,16+,17-,20?;;;;9-,10-,11-;;;/m0...0.../s1. The molecule has 130 heavy (non-hydrogen) atoms. The van der Waals surface area contributed by atoms with Gasteiger partial charge in [-0.05, 0) is 173 Å². The fraction of sp³-hybridized carbons (Fsp3) is 0.522. The molecule has 7 heterocycles. The summed E-state index contributed by atoms with van der Waals surface area (Å²) in [4.78, 5) is 148. The Morgan fingerprint density at radius 3 is 1.22 bits per heavy atom. The van der Waals surface area contributed by atoms with Crippen LogP contribution in [-0.4, -0.2) is 211 Å². The van der Waals surface area contributed by atoms with Gasteiger partial charge in [0.15, 0.2) is 5.78 Å². The molecular weight excluding hydrogens is 1680 g/mol. The molecule has 0 bridgehead atoms. The molecule has 0 spiro atoms. The number of nitriles is 2. The van der Waals surface area contributed by atoms with E-state index >= 15 is 0 Å². The number of ketones is 1. The van der Waals surface area contributed by atoms with Gasteiger partial charge in [0.05, 0.1) is 76.8 Å². The number of Topliss-reactive ketones (excluding diaryl/α,β-unsaturated/α-hetero) is 1. The summed E-state index contributed by atoms with van der Waals surface area (Å²) in [7, 11) is 7.57. The number of carboxylic acid groups (broad SMARTS) is 3. The minimum absolute atomic E-state index is 0. The zero-order chi connectivity index (χ0) is 94.0. The van der Waals surface area contributed by atoms with Gasteiger partial charge in [-0.15, -0.1) is 0 Å². The molecule has 9 aliphatic rings. The summed E-state index contributed by atoms with van der Waals surface area (Å²) >= 11 is 0. The van der Waals surface area contributed by atoms with Crippen LogP contribution in [0.2, 0.25) is 0 Å². The summed E-state index contributed by atoms with van der Waals surface area (Å²) in [5.74, 6) is -1.31. The van der Waals surface area contributed by atoms with E-state index in [1.165, 1.54) is 30.1 Å². The molecule has 14 rings (SSSR count). The Morgan fingerprint density at radius 1 is 0.477 bits per heavy atom. The number of nitrogens with zero attached hydrogens (tertiary/aromatic N) is 5. The number of hydrogen-bond donors (Lipinski definition) is 11. The molecule has 4 fully saturated rings. The van der Waals surface area contributed by atoms with Gasteiger partial charge in [0, 0.05) is 109 Å². The van der Waals surface area contributed by atoms with Crippen LogP contribution in [0.4, 0.5) is 42.8 Å². The fourth-order valence-electron chi connectivity index (χ4n) is 15.9. The first kappa shape index (κ1) is 104. The Kier molecular flexibility index (Phi) is 37.1. The van der Waals surface area contributed by atoms with Gasteiger partial charge < -0.3 is 101 Å². The summed E-state index contributed by atoms with van der Waals surface area (Å²) in [6, 6.07) is 24.9. The van der Waals surface area contributed by atoms with Crippen LogP contribution in [0.3, 0.4) is 0 Å². The van der Waals surface area contributed by atoms with Gasteiger partial charge in [0.1, 0.15) is 81.8 Å². The molecule has 7 aliphatic heterocycles. The summed E-state index contributed by atoms with van der Waals surface area (Å²) in [5.41, 5.74) is 10.9. The number of aliphatic carboxylic acids is 3. The van der Waals surface area contributed by atoms with Crippen molar-refractivity contribution in [2.75, 3.05) is 74.0 Å². The first-order valence-corrected chi connectivity index (χ1v) is 42.6. The van der Waals surface area contributed by atoms with Crippen molar-refractivity contribution in [1.82, 2.24) is 21.3 Å². The first-order chi connectivity index (χ1) is 60.5. The normalized spacial score (nSPS) is 19.8. The molecule has 7 amide bonds. The van der Waals surface area contributed by atoms with Crippen molar-refractivity contribution in [3.05, 3.63) is 119 Å². The molecule has 11 atom stereocenters. The maximum absolute atomic E-state index is 13.1. The summed E-state index contributed by atoms with van der Waals surface area (Å²) < 4.78 is 41.9. The van der Waals surface area contributed by atoms with Crippen molar-refractivity contribution in [2.45, 2.75) is 230 Å². The second-order valence-corrected chi connectivity index (χ2v) is 35.5. The Labute approximate surface area is 767 Å². The van der Waals surface area contributed by atoms with E-state index in [-0.39, 0.29) is 96.6 Å². The molecule has 698 valence electrons.